The normalized spacial score (nSPS) is 41.3. The number of Topliss-reactive ketones (excluding diaryl/α,β-unsaturated/α-hetero) is 2. The molecule has 0 radical (unpaired) electrons. The average Bonchev–Trinajstić information content (AvgIpc) is 3.15. The molecule has 3 aliphatic heterocycles. The van der Waals surface area contributed by atoms with E-state index in [0.29, 0.717) is 64.2 Å². The van der Waals surface area contributed by atoms with E-state index in [2.05, 4.69) is 13.0 Å². The Morgan fingerprint density at radius 3 is 2.35 bits per heavy atom. The molecule has 1 amide bonds. The van der Waals surface area contributed by atoms with Crippen molar-refractivity contribution in [3.05, 3.63) is 23.3 Å². The van der Waals surface area contributed by atoms with Crippen molar-refractivity contribution in [2.75, 3.05) is 20.8 Å². The van der Waals surface area contributed by atoms with Crippen molar-refractivity contribution in [2.45, 2.75) is 166 Å². The van der Waals surface area contributed by atoms with E-state index in [9.17, 15) is 29.4 Å². The molecule has 306 valence electrons. The maximum absolute atomic E-state index is 14.2. The standard InChI is InChI=1S/C42H66ClNO10/c1-9-30-19-24(2)18-25(3)20-35(51-7)38-36(52-8)22-28(6)42(50,54-38)39(47)40(48)44-17-11-10-12-32(44)41(49)53-37(26(4)13-16-33(30)45)27(5)21-29-14-15-31(43)34(46)23-29/h19,21,25-26,28-32,34-38,46,50H,9-18,20,22-23H2,1-8H3/b24-19+,27-21?. The van der Waals surface area contributed by atoms with E-state index in [1.165, 1.54) is 4.90 Å². The fourth-order valence-corrected chi connectivity index (χ4v) is 9.37. The quantitative estimate of drug-likeness (QED) is 0.145. The second-order valence-electron chi connectivity index (χ2n) is 16.8. The van der Waals surface area contributed by atoms with Gasteiger partial charge in [-0.15, -0.1) is 11.6 Å². The number of halogens is 1. The van der Waals surface area contributed by atoms with Crippen LogP contribution in [-0.2, 0) is 38.1 Å². The number of aliphatic hydroxyl groups excluding tert-OH is 1. The Bertz CT molecular complexity index is 1380. The molecule has 0 aromatic heterocycles. The van der Waals surface area contributed by atoms with Gasteiger partial charge >= 0.3 is 5.97 Å². The van der Waals surface area contributed by atoms with Crippen molar-refractivity contribution in [1.82, 2.24) is 4.90 Å². The summed E-state index contributed by atoms with van der Waals surface area (Å²) in [5.74, 6) is -6.26. The molecule has 2 N–H and O–H groups in total. The van der Waals surface area contributed by atoms with Crippen molar-refractivity contribution in [1.29, 1.82) is 0 Å². The fourth-order valence-electron chi connectivity index (χ4n) is 9.14. The number of amides is 1. The minimum absolute atomic E-state index is 0.0375. The van der Waals surface area contributed by atoms with Gasteiger partial charge in [0.05, 0.1) is 23.7 Å². The molecular formula is C42H66ClNO10. The predicted octanol–water partition coefficient (Wildman–Crippen LogP) is 6.09. The Morgan fingerprint density at radius 1 is 1.02 bits per heavy atom. The minimum Gasteiger partial charge on any atom is -0.456 e. The third-order valence-corrected chi connectivity index (χ3v) is 12.9. The number of carbonyl (C=O) groups excluding carboxylic acids is 4. The first-order valence-corrected chi connectivity index (χ1v) is 20.7. The van der Waals surface area contributed by atoms with E-state index in [1.54, 1.807) is 21.1 Å². The Balaban J connectivity index is 1.73. The van der Waals surface area contributed by atoms with Gasteiger partial charge in [-0.1, -0.05) is 45.4 Å². The average molecular weight is 780 g/mol. The van der Waals surface area contributed by atoms with E-state index in [4.69, 9.17) is 30.5 Å². The van der Waals surface area contributed by atoms with E-state index < -0.39 is 65.9 Å². The highest BCUT2D eigenvalue weighted by Crippen LogP contribution is 2.39. The summed E-state index contributed by atoms with van der Waals surface area (Å²) in [4.78, 5) is 57.5. The van der Waals surface area contributed by atoms with Crippen LogP contribution in [0.3, 0.4) is 0 Å². The number of esters is 1. The van der Waals surface area contributed by atoms with Gasteiger partial charge in [0.2, 0.25) is 5.79 Å². The van der Waals surface area contributed by atoms with Crippen LogP contribution in [0.25, 0.3) is 0 Å². The van der Waals surface area contributed by atoms with Crippen molar-refractivity contribution >= 4 is 35.0 Å². The number of alkyl halides is 1. The number of fused-ring (bicyclic) bond motifs is 3. The Hall–Kier alpha value is -2.15. The fraction of sp³-hybridized carbons (Fsp3) is 0.810. The van der Waals surface area contributed by atoms with Crippen LogP contribution < -0.4 is 0 Å². The van der Waals surface area contributed by atoms with Crippen molar-refractivity contribution in [2.24, 2.45) is 29.6 Å². The molecular weight excluding hydrogens is 714 g/mol. The van der Waals surface area contributed by atoms with Gasteiger partial charge in [0.15, 0.2) is 0 Å². The summed E-state index contributed by atoms with van der Waals surface area (Å²) in [5, 5.41) is 22.2. The summed E-state index contributed by atoms with van der Waals surface area (Å²) in [5.41, 5.74) is 1.88. The second kappa shape index (κ2) is 19.8. The molecule has 4 aliphatic rings. The van der Waals surface area contributed by atoms with Gasteiger partial charge < -0.3 is 34.1 Å². The lowest BCUT2D eigenvalue weighted by Crippen LogP contribution is -2.64. The first-order chi connectivity index (χ1) is 25.5. The highest BCUT2D eigenvalue weighted by atomic mass is 35.5. The van der Waals surface area contributed by atoms with Crippen LogP contribution in [0.2, 0.25) is 0 Å². The summed E-state index contributed by atoms with van der Waals surface area (Å²) in [6, 6.07) is -1.04. The highest BCUT2D eigenvalue weighted by molar-refractivity contribution is 6.39. The molecule has 12 heteroatoms. The Morgan fingerprint density at radius 2 is 1.70 bits per heavy atom. The molecule has 13 unspecified atom stereocenters. The molecule has 1 aliphatic carbocycles. The zero-order valence-electron chi connectivity index (χ0n) is 33.8. The number of hydrogen-bond acceptors (Lipinski definition) is 10. The summed E-state index contributed by atoms with van der Waals surface area (Å²) in [6.07, 6.45) is 7.18. The number of cyclic esters (lactones) is 1. The number of aliphatic hydroxyl groups is 2. The predicted molar refractivity (Wildman–Crippen MR) is 206 cm³/mol. The van der Waals surface area contributed by atoms with Crippen molar-refractivity contribution in [3.63, 3.8) is 0 Å². The number of nitrogens with zero attached hydrogens (tertiary/aromatic N) is 1. The van der Waals surface area contributed by atoms with Gasteiger partial charge in [0, 0.05) is 39.0 Å². The molecule has 0 aromatic carbocycles. The summed E-state index contributed by atoms with van der Waals surface area (Å²) in [7, 11) is 3.10. The number of rotatable bonds is 5. The molecule has 1 saturated carbocycles. The van der Waals surface area contributed by atoms with Crippen LogP contribution in [0.1, 0.15) is 119 Å². The lowest BCUT2D eigenvalue weighted by molar-refractivity contribution is -0.302. The van der Waals surface area contributed by atoms with Gasteiger partial charge in [0.25, 0.3) is 11.7 Å². The molecule has 3 fully saturated rings. The second-order valence-corrected chi connectivity index (χ2v) is 17.3. The largest absolute Gasteiger partial charge is 0.456 e. The Kier molecular flexibility index (Phi) is 16.4. The number of piperidine rings is 1. The van der Waals surface area contributed by atoms with E-state index in [1.807, 2.05) is 33.8 Å². The molecule has 13 atom stereocenters. The maximum atomic E-state index is 14.2. The first kappa shape index (κ1) is 44.6. The number of carbonyl (C=O) groups is 4. The third-order valence-electron chi connectivity index (χ3n) is 12.4. The zero-order chi connectivity index (χ0) is 39.9. The lowest BCUT2D eigenvalue weighted by atomic mass is 9.82. The molecule has 4 rings (SSSR count). The SMILES string of the molecule is CCC1/C=C(\C)CC(C)CC(OC)C2OC(O)(C(=O)C(=O)N3CCCCC3C(=O)OC(C(C)=CC3CCC(Cl)C(O)C3)C(C)CCC1=O)C(C)CC2OC. The molecule has 11 nitrogen and oxygen atoms in total. The molecule has 54 heavy (non-hydrogen) atoms. The number of hydrogen-bond donors (Lipinski definition) is 2. The number of allylic oxidation sites excluding steroid dienone is 3. The number of methoxy groups -OCH3 is 2. The van der Waals surface area contributed by atoms with Crippen LogP contribution in [-0.4, -0.2) is 107 Å². The van der Waals surface area contributed by atoms with Gasteiger partial charge in [-0.2, -0.15) is 0 Å². The molecule has 3 heterocycles. The third kappa shape index (κ3) is 10.6. The first-order valence-electron chi connectivity index (χ1n) is 20.3. The lowest BCUT2D eigenvalue weighted by Gasteiger charge is -2.47. The highest BCUT2D eigenvalue weighted by Gasteiger charge is 2.56. The van der Waals surface area contributed by atoms with Crippen LogP contribution >= 0.6 is 11.6 Å². The van der Waals surface area contributed by atoms with Crippen LogP contribution in [0.15, 0.2) is 23.3 Å². The van der Waals surface area contributed by atoms with Gasteiger partial charge in [-0.25, -0.2) is 4.79 Å². The molecule has 0 aromatic rings. The van der Waals surface area contributed by atoms with E-state index in [0.717, 1.165) is 17.6 Å². The van der Waals surface area contributed by atoms with Crippen LogP contribution in [0, 0.1) is 29.6 Å². The minimum atomic E-state index is -2.46. The topological polar surface area (TPSA) is 149 Å². The molecule has 0 spiro atoms. The van der Waals surface area contributed by atoms with E-state index >= 15 is 0 Å². The summed E-state index contributed by atoms with van der Waals surface area (Å²) < 4.78 is 24.3. The molecule has 2 saturated heterocycles. The zero-order valence-corrected chi connectivity index (χ0v) is 34.5. The monoisotopic (exact) mass is 779 g/mol. The number of ketones is 2. The summed E-state index contributed by atoms with van der Waals surface area (Å²) >= 11 is 6.30. The van der Waals surface area contributed by atoms with Crippen LogP contribution in [0.5, 0.6) is 0 Å². The number of ether oxygens (including phenoxy) is 4. The molecule has 2 bridgehead atoms. The smallest absolute Gasteiger partial charge is 0.329 e. The maximum Gasteiger partial charge on any atom is 0.329 e. The van der Waals surface area contributed by atoms with Crippen molar-refractivity contribution in [3.8, 4) is 0 Å². The van der Waals surface area contributed by atoms with E-state index in [-0.39, 0.29) is 47.8 Å². The van der Waals surface area contributed by atoms with Crippen LogP contribution in [0.4, 0.5) is 0 Å². The van der Waals surface area contributed by atoms with Crippen molar-refractivity contribution < 1.29 is 48.3 Å². The van der Waals surface area contributed by atoms with Gasteiger partial charge in [-0.05, 0) is 108 Å². The van der Waals surface area contributed by atoms with Gasteiger partial charge in [0.1, 0.15) is 24.0 Å². The summed E-state index contributed by atoms with van der Waals surface area (Å²) in [6.45, 7) is 11.8. The van der Waals surface area contributed by atoms with Gasteiger partial charge in [-0.3, -0.25) is 14.4 Å². The Labute approximate surface area is 327 Å².